The number of benzene rings is 2. The SMILES string of the molecule is COc1ccc(C=Cc2nc(-c3ccc(C)cc3)no2)cc1. The lowest BCUT2D eigenvalue weighted by atomic mass is 10.1. The van der Waals surface area contributed by atoms with Crippen LogP contribution in [0.15, 0.2) is 53.1 Å². The molecule has 0 aliphatic heterocycles. The fourth-order valence-electron chi connectivity index (χ4n) is 2.01. The fraction of sp³-hybridized carbons (Fsp3) is 0.111. The lowest BCUT2D eigenvalue weighted by Crippen LogP contribution is -1.81. The Labute approximate surface area is 129 Å². The standard InChI is InChI=1S/C18H16N2O2/c1-13-3-8-15(9-4-13)18-19-17(22-20-18)12-7-14-5-10-16(21-2)11-6-14/h3-12H,1-2H3. The molecule has 2 aromatic carbocycles. The van der Waals surface area contributed by atoms with Crippen molar-refractivity contribution in [1.82, 2.24) is 10.1 Å². The van der Waals surface area contributed by atoms with E-state index in [9.17, 15) is 0 Å². The highest BCUT2D eigenvalue weighted by Gasteiger charge is 2.05. The number of nitrogens with zero attached hydrogens (tertiary/aromatic N) is 2. The van der Waals surface area contributed by atoms with Crippen LogP contribution in [0.1, 0.15) is 17.0 Å². The van der Waals surface area contributed by atoms with Gasteiger partial charge in [0.1, 0.15) is 5.75 Å². The van der Waals surface area contributed by atoms with Gasteiger partial charge < -0.3 is 9.26 Å². The third-order valence-electron chi connectivity index (χ3n) is 3.29. The van der Waals surface area contributed by atoms with Crippen LogP contribution in [-0.2, 0) is 0 Å². The van der Waals surface area contributed by atoms with Gasteiger partial charge in [0.2, 0.25) is 5.82 Å². The zero-order chi connectivity index (χ0) is 15.4. The molecule has 110 valence electrons. The Morgan fingerprint density at radius 3 is 2.36 bits per heavy atom. The summed E-state index contributed by atoms with van der Waals surface area (Å²) in [5.74, 6) is 1.90. The molecule has 0 unspecified atom stereocenters. The topological polar surface area (TPSA) is 48.2 Å². The number of rotatable bonds is 4. The molecule has 4 heteroatoms. The van der Waals surface area contributed by atoms with Gasteiger partial charge in [-0.15, -0.1) is 0 Å². The summed E-state index contributed by atoms with van der Waals surface area (Å²) in [7, 11) is 1.65. The van der Waals surface area contributed by atoms with Gasteiger partial charge in [-0.25, -0.2) is 0 Å². The average molecular weight is 292 g/mol. The van der Waals surface area contributed by atoms with Gasteiger partial charge >= 0.3 is 0 Å². The minimum Gasteiger partial charge on any atom is -0.497 e. The van der Waals surface area contributed by atoms with E-state index < -0.39 is 0 Å². The summed E-state index contributed by atoms with van der Waals surface area (Å²) in [6.45, 7) is 2.04. The molecule has 0 aliphatic rings. The van der Waals surface area contributed by atoms with Crippen LogP contribution in [0.3, 0.4) is 0 Å². The Kier molecular flexibility index (Phi) is 4.01. The molecule has 4 nitrogen and oxygen atoms in total. The smallest absolute Gasteiger partial charge is 0.250 e. The van der Waals surface area contributed by atoms with Crippen molar-refractivity contribution in [3.8, 4) is 17.1 Å². The van der Waals surface area contributed by atoms with Gasteiger partial charge in [-0.3, -0.25) is 0 Å². The summed E-state index contributed by atoms with van der Waals surface area (Å²) in [5, 5.41) is 4.00. The molecule has 3 rings (SSSR count). The van der Waals surface area contributed by atoms with E-state index >= 15 is 0 Å². The van der Waals surface area contributed by atoms with E-state index in [4.69, 9.17) is 9.26 Å². The number of aromatic nitrogens is 2. The predicted octanol–water partition coefficient (Wildman–Crippen LogP) is 4.22. The first kappa shape index (κ1) is 14.1. The first-order valence-electron chi connectivity index (χ1n) is 6.97. The van der Waals surface area contributed by atoms with Crippen LogP contribution in [0.2, 0.25) is 0 Å². The van der Waals surface area contributed by atoms with Crippen molar-refractivity contribution in [3.05, 3.63) is 65.5 Å². The van der Waals surface area contributed by atoms with Crippen LogP contribution in [0.25, 0.3) is 23.5 Å². The van der Waals surface area contributed by atoms with Crippen molar-refractivity contribution in [2.24, 2.45) is 0 Å². The van der Waals surface area contributed by atoms with Crippen molar-refractivity contribution in [3.63, 3.8) is 0 Å². The van der Waals surface area contributed by atoms with Crippen LogP contribution in [0, 0.1) is 6.92 Å². The maximum atomic E-state index is 5.24. The van der Waals surface area contributed by atoms with Crippen LogP contribution < -0.4 is 4.74 Å². The summed E-state index contributed by atoms with van der Waals surface area (Å²) in [6.07, 6.45) is 3.72. The molecule has 0 bridgehead atoms. The Bertz CT molecular complexity index is 772. The molecule has 1 aromatic heterocycles. The van der Waals surface area contributed by atoms with Gasteiger partial charge in [-0.05, 0) is 30.7 Å². The molecular formula is C18H16N2O2. The van der Waals surface area contributed by atoms with Crippen molar-refractivity contribution < 1.29 is 9.26 Å². The second kappa shape index (κ2) is 6.26. The van der Waals surface area contributed by atoms with Crippen LogP contribution in [0.4, 0.5) is 0 Å². The van der Waals surface area contributed by atoms with Crippen molar-refractivity contribution >= 4 is 12.2 Å². The van der Waals surface area contributed by atoms with Crippen molar-refractivity contribution in [2.75, 3.05) is 7.11 Å². The third kappa shape index (κ3) is 3.23. The monoisotopic (exact) mass is 292 g/mol. The second-order valence-electron chi connectivity index (χ2n) is 4.93. The lowest BCUT2D eigenvalue weighted by Gasteiger charge is -1.98. The van der Waals surface area contributed by atoms with E-state index in [1.165, 1.54) is 5.56 Å². The Morgan fingerprint density at radius 2 is 1.68 bits per heavy atom. The molecule has 0 saturated carbocycles. The maximum absolute atomic E-state index is 5.24. The van der Waals surface area contributed by atoms with E-state index in [2.05, 4.69) is 10.1 Å². The van der Waals surface area contributed by atoms with E-state index in [1.807, 2.05) is 61.5 Å². The van der Waals surface area contributed by atoms with Crippen molar-refractivity contribution in [1.29, 1.82) is 0 Å². The molecule has 0 saturated heterocycles. The zero-order valence-electron chi connectivity index (χ0n) is 12.5. The number of aryl methyl sites for hydroxylation is 1. The number of methoxy groups -OCH3 is 1. The molecule has 3 aromatic rings. The highest BCUT2D eigenvalue weighted by Crippen LogP contribution is 2.18. The second-order valence-corrected chi connectivity index (χ2v) is 4.93. The molecule has 0 radical (unpaired) electrons. The largest absolute Gasteiger partial charge is 0.497 e. The Hall–Kier alpha value is -2.88. The highest BCUT2D eigenvalue weighted by molar-refractivity contribution is 5.67. The molecule has 0 aliphatic carbocycles. The molecule has 0 amide bonds. The van der Waals surface area contributed by atoms with Crippen LogP contribution in [-0.4, -0.2) is 17.3 Å². The number of hydrogen-bond donors (Lipinski definition) is 0. The number of hydrogen-bond acceptors (Lipinski definition) is 4. The summed E-state index contributed by atoms with van der Waals surface area (Å²) in [5.41, 5.74) is 3.18. The average Bonchev–Trinajstić information content (AvgIpc) is 3.03. The molecule has 1 heterocycles. The molecule has 0 atom stereocenters. The Morgan fingerprint density at radius 1 is 0.955 bits per heavy atom. The summed E-state index contributed by atoms with van der Waals surface area (Å²) in [4.78, 5) is 4.37. The lowest BCUT2D eigenvalue weighted by molar-refractivity contribution is 0.411. The molecule has 22 heavy (non-hydrogen) atoms. The summed E-state index contributed by atoms with van der Waals surface area (Å²) < 4.78 is 10.4. The van der Waals surface area contributed by atoms with Gasteiger partial charge in [-0.1, -0.05) is 47.1 Å². The maximum Gasteiger partial charge on any atom is 0.250 e. The summed E-state index contributed by atoms with van der Waals surface area (Å²) >= 11 is 0. The van der Waals surface area contributed by atoms with E-state index in [1.54, 1.807) is 13.2 Å². The zero-order valence-corrected chi connectivity index (χ0v) is 12.5. The summed E-state index contributed by atoms with van der Waals surface area (Å²) in [6, 6.07) is 15.8. The van der Waals surface area contributed by atoms with E-state index in [-0.39, 0.29) is 0 Å². The van der Waals surface area contributed by atoms with Gasteiger partial charge in [0.25, 0.3) is 5.89 Å². The normalized spacial score (nSPS) is 11.0. The van der Waals surface area contributed by atoms with Gasteiger partial charge in [0.05, 0.1) is 7.11 Å². The van der Waals surface area contributed by atoms with Crippen LogP contribution in [0.5, 0.6) is 5.75 Å². The van der Waals surface area contributed by atoms with Crippen LogP contribution >= 0.6 is 0 Å². The Balaban J connectivity index is 1.75. The first-order chi connectivity index (χ1) is 10.7. The molecule has 0 N–H and O–H groups in total. The van der Waals surface area contributed by atoms with Gasteiger partial charge in [0, 0.05) is 11.6 Å². The number of ether oxygens (including phenoxy) is 1. The third-order valence-corrected chi connectivity index (χ3v) is 3.29. The predicted molar refractivity (Wildman–Crippen MR) is 86.4 cm³/mol. The first-order valence-corrected chi connectivity index (χ1v) is 6.97. The molecule has 0 fully saturated rings. The van der Waals surface area contributed by atoms with Crippen molar-refractivity contribution in [2.45, 2.75) is 6.92 Å². The molecular weight excluding hydrogens is 276 g/mol. The van der Waals surface area contributed by atoms with Gasteiger partial charge in [0.15, 0.2) is 0 Å². The fourth-order valence-corrected chi connectivity index (χ4v) is 2.01. The van der Waals surface area contributed by atoms with Gasteiger partial charge in [-0.2, -0.15) is 4.98 Å². The minimum absolute atomic E-state index is 0.478. The van der Waals surface area contributed by atoms with E-state index in [0.717, 1.165) is 16.9 Å². The quantitative estimate of drug-likeness (QED) is 0.722. The molecule has 0 spiro atoms. The van der Waals surface area contributed by atoms with E-state index in [0.29, 0.717) is 11.7 Å². The highest BCUT2D eigenvalue weighted by atomic mass is 16.5. The minimum atomic E-state index is 0.478.